The van der Waals surface area contributed by atoms with Crippen molar-refractivity contribution in [3.8, 4) is 0 Å². The topological polar surface area (TPSA) is 62.5 Å². The molecule has 2 N–H and O–H groups in total. The van der Waals surface area contributed by atoms with Crippen molar-refractivity contribution in [1.82, 2.24) is 4.57 Å². The first kappa shape index (κ1) is 10.7. The van der Waals surface area contributed by atoms with Crippen LogP contribution in [0.1, 0.15) is 22.8 Å². The summed E-state index contributed by atoms with van der Waals surface area (Å²) in [7, 11) is 0. The molecule has 2 rings (SSSR count). The molecular weight excluding hydrogens is 206 g/mol. The van der Waals surface area contributed by atoms with Crippen molar-refractivity contribution in [3.05, 3.63) is 35.5 Å². The summed E-state index contributed by atoms with van der Waals surface area (Å²) in [5.74, 6) is -0.934. The predicted octanol–water partition coefficient (Wildman–Crippen LogP) is 1.85. The van der Waals surface area contributed by atoms with Crippen LogP contribution in [0.5, 0.6) is 0 Å². The summed E-state index contributed by atoms with van der Waals surface area (Å²) < 4.78 is 1.94. The third-order valence-electron chi connectivity index (χ3n) is 2.72. The summed E-state index contributed by atoms with van der Waals surface area (Å²) in [6.07, 6.45) is 1.86. The van der Waals surface area contributed by atoms with Crippen molar-refractivity contribution in [2.24, 2.45) is 0 Å². The van der Waals surface area contributed by atoms with E-state index in [1.807, 2.05) is 17.7 Å². The van der Waals surface area contributed by atoms with Crippen LogP contribution in [-0.4, -0.2) is 20.7 Å². The lowest BCUT2D eigenvalue weighted by Crippen LogP contribution is -1.97. The molecule has 0 aliphatic carbocycles. The van der Waals surface area contributed by atoms with Crippen LogP contribution in [0, 0.1) is 0 Å². The van der Waals surface area contributed by atoms with Crippen molar-refractivity contribution in [2.45, 2.75) is 20.1 Å². The molecule has 0 atom stereocenters. The van der Waals surface area contributed by atoms with Gasteiger partial charge in [0.25, 0.3) is 0 Å². The normalized spacial score (nSPS) is 10.9. The first-order valence-electron chi connectivity index (χ1n) is 5.13. The molecule has 1 aromatic heterocycles. The monoisotopic (exact) mass is 219 g/mol. The standard InChI is InChI=1S/C12H13NO3/c1-2-13-6-9(7-14)10-4-3-8(12(15)16)5-11(10)13/h3-6,14H,2,7H2,1H3,(H,15,16). The van der Waals surface area contributed by atoms with Crippen LogP contribution >= 0.6 is 0 Å². The van der Waals surface area contributed by atoms with E-state index < -0.39 is 5.97 Å². The van der Waals surface area contributed by atoms with Crippen LogP contribution < -0.4 is 0 Å². The molecule has 4 nitrogen and oxygen atoms in total. The van der Waals surface area contributed by atoms with Gasteiger partial charge in [-0.25, -0.2) is 4.79 Å². The smallest absolute Gasteiger partial charge is 0.335 e. The van der Waals surface area contributed by atoms with Crippen LogP contribution in [0.2, 0.25) is 0 Å². The van der Waals surface area contributed by atoms with E-state index in [4.69, 9.17) is 5.11 Å². The van der Waals surface area contributed by atoms with Crippen LogP contribution in [-0.2, 0) is 13.2 Å². The van der Waals surface area contributed by atoms with E-state index >= 15 is 0 Å². The molecule has 0 saturated carbocycles. The zero-order chi connectivity index (χ0) is 11.7. The molecular formula is C12H13NO3. The lowest BCUT2D eigenvalue weighted by atomic mass is 10.1. The number of hydrogen-bond acceptors (Lipinski definition) is 2. The second kappa shape index (κ2) is 3.98. The number of carbonyl (C=O) groups is 1. The van der Waals surface area contributed by atoms with E-state index in [0.29, 0.717) is 0 Å². The Morgan fingerprint density at radius 1 is 1.44 bits per heavy atom. The lowest BCUT2D eigenvalue weighted by Gasteiger charge is -2.01. The predicted molar refractivity (Wildman–Crippen MR) is 60.5 cm³/mol. The Morgan fingerprint density at radius 2 is 2.19 bits per heavy atom. The van der Waals surface area contributed by atoms with Gasteiger partial charge in [0.15, 0.2) is 0 Å². The molecule has 4 heteroatoms. The number of aryl methyl sites for hydroxylation is 1. The molecule has 0 aliphatic heterocycles. The number of carboxylic acids is 1. The van der Waals surface area contributed by atoms with E-state index in [9.17, 15) is 9.90 Å². The molecule has 84 valence electrons. The highest BCUT2D eigenvalue weighted by atomic mass is 16.4. The van der Waals surface area contributed by atoms with E-state index in [1.54, 1.807) is 18.2 Å². The molecule has 0 unspecified atom stereocenters. The Morgan fingerprint density at radius 3 is 2.75 bits per heavy atom. The van der Waals surface area contributed by atoms with Gasteiger partial charge >= 0.3 is 5.97 Å². The summed E-state index contributed by atoms with van der Waals surface area (Å²) >= 11 is 0. The van der Waals surface area contributed by atoms with Gasteiger partial charge in [-0.3, -0.25) is 0 Å². The number of carboxylic acid groups (broad SMARTS) is 1. The van der Waals surface area contributed by atoms with Gasteiger partial charge in [0.1, 0.15) is 0 Å². The quantitative estimate of drug-likeness (QED) is 0.828. The number of hydrogen-bond donors (Lipinski definition) is 2. The highest BCUT2D eigenvalue weighted by Crippen LogP contribution is 2.23. The van der Waals surface area contributed by atoms with Gasteiger partial charge in [0, 0.05) is 29.2 Å². The summed E-state index contributed by atoms with van der Waals surface area (Å²) in [5, 5.41) is 19.0. The second-order valence-electron chi connectivity index (χ2n) is 3.64. The average molecular weight is 219 g/mol. The van der Waals surface area contributed by atoms with E-state index in [2.05, 4.69) is 0 Å². The minimum atomic E-state index is -0.934. The van der Waals surface area contributed by atoms with Crippen LogP contribution in [0.15, 0.2) is 24.4 Å². The van der Waals surface area contributed by atoms with Crippen molar-refractivity contribution < 1.29 is 15.0 Å². The van der Waals surface area contributed by atoms with Crippen molar-refractivity contribution in [1.29, 1.82) is 0 Å². The largest absolute Gasteiger partial charge is 0.478 e. The molecule has 1 heterocycles. The van der Waals surface area contributed by atoms with Crippen LogP contribution in [0.3, 0.4) is 0 Å². The Balaban J connectivity index is 2.71. The van der Waals surface area contributed by atoms with Crippen molar-refractivity contribution in [2.75, 3.05) is 0 Å². The maximum Gasteiger partial charge on any atom is 0.335 e. The summed E-state index contributed by atoms with van der Waals surface area (Å²) in [6, 6.07) is 4.95. The van der Waals surface area contributed by atoms with Gasteiger partial charge < -0.3 is 14.8 Å². The van der Waals surface area contributed by atoms with Gasteiger partial charge in [0.05, 0.1) is 12.2 Å². The Kier molecular flexibility index (Phi) is 2.66. The van der Waals surface area contributed by atoms with Crippen LogP contribution in [0.25, 0.3) is 10.9 Å². The van der Waals surface area contributed by atoms with Gasteiger partial charge in [-0.15, -0.1) is 0 Å². The highest BCUT2D eigenvalue weighted by Gasteiger charge is 2.10. The number of aliphatic hydroxyl groups excluding tert-OH is 1. The first-order chi connectivity index (χ1) is 7.67. The van der Waals surface area contributed by atoms with Gasteiger partial charge in [0.2, 0.25) is 0 Å². The Bertz CT molecular complexity index is 542. The maximum absolute atomic E-state index is 10.9. The molecule has 16 heavy (non-hydrogen) atoms. The molecule has 0 spiro atoms. The summed E-state index contributed by atoms with van der Waals surface area (Å²) in [4.78, 5) is 10.9. The van der Waals surface area contributed by atoms with Gasteiger partial charge in [-0.05, 0) is 19.1 Å². The molecule has 0 aliphatic rings. The maximum atomic E-state index is 10.9. The van der Waals surface area contributed by atoms with Gasteiger partial charge in [-0.2, -0.15) is 0 Å². The number of aromatic carboxylic acids is 1. The fraction of sp³-hybridized carbons (Fsp3) is 0.250. The lowest BCUT2D eigenvalue weighted by molar-refractivity contribution is 0.0697. The number of nitrogens with zero attached hydrogens (tertiary/aromatic N) is 1. The molecule has 0 amide bonds. The zero-order valence-electron chi connectivity index (χ0n) is 8.97. The molecule has 0 saturated heterocycles. The Labute approximate surface area is 92.7 Å². The summed E-state index contributed by atoms with van der Waals surface area (Å²) in [5.41, 5.74) is 1.95. The number of aliphatic hydroxyl groups is 1. The average Bonchev–Trinajstić information content (AvgIpc) is 2.65. The zero-order valence-corrected chi connectivity index (χ0v) is 8.97. The fourth-order valence-electron chi connectivity index (χ4n) is 1.89. The second-order valence-corrected chi connectivity index (χ2v) is 3.64. The van der Waals surface area contributed by atoms with E-state index in [-0.39, 0.29) is 12.2 Å². The SMILES string of the molecule is CCn1cc(CO)c2ccc(C(=O)O)cc21. The number of fused-ring (bicyclic) bond motifs is 1. The minimum absolute atomic E-state index is 0.0318. The molecule has 2 aromatic rings. The number of aromatic nitrogens is 1. The van der Waals surface area contributed by atoms with Crippen molar-refractivity contribution in [3.63, 3.8) is 0 Å². The fourth-order valence-corrected chi connectivity index (χ4v) is 1.89. The van der Waals surface area contributed by atoms with Crippen LogP contribution in [0.4, 0.5) is 0 Å². The minimum Gasteiger partial charge on any atom is -0.478 e. The Hall–Kier alpha value is -1.81. The number of benzene rings is 1. The molecule has 0 radical (unpaired) electrons. The molecule has 1 aromatic carbocycles. The summed E-state index contributed by atoms with van der Waals surface area (Å²) in [6.45, 7) is 2.70. The molecule has 0 fully saturated rings. The highest BCUT2D eigenvalue weighted by molar-refractivity contribution is 5.94. The van der Waals surface area contributed by atoms with E-state index in [0.717, 1.165) is 23.0 Å². The van der Waals surface area contributed by atoms with Gasteiger partial charge in [-0.1, -0.05) is 6.07 Å². The third-order valence-corrected chi connectivity index (χ3v) is 2.72. The molecule has 0 bridgehead atoms. The number of rotatable bonds is 3. The first-order valence-corrected chi connectivity index (χ1v) is 5.13. The van der Waals surface area contributed by atoms with Crippen molar-refractivity contribution >= 4 is 16.9 Å². The third kappa shape index (κ3) is 1.57. The van der Waals surface area contributed by atoms with E-state index in [1.165, 1.54) is 0 Å².